The Morgan fingerprint density at radius 3 is 2.27 bits per heavy atom. The summed E-state index contributed by atoms with van der Waals surface area (Å²) < 4.78 is 34.9. The van der Waals surface area contributed by atoms with Crippen molar-refractivity contribution < 1.29 is 27.9 Å². The number of carbonyl (C=O) groups excluding carboxylic acids is 3. The molecule has 3 aliphatic rings. The van der Waals surface area contributed by atoms with E-state index in [2.05, 4.69) is 4.90 Å². The number of halogens is 2. The molecule has 0 bridgehead atoms. The van der Waals surface area contributed by atoms with Crippen molar-refractivity contribution in [2.75, 3.05) is 32.8 Å². The van der Waals surface area contributed by atoms with Crippen molar-refractivity contribution in [1.29, 1.82) is 0 Å². The van der Waals surface area contributed by atoms with Gasteiger partial charge in [-0.2, -0.15) is 0 Å². The Balaban J connectivity index is 1.29. The molecule has 2 aromatic rings. The van der Waals surface area contributed by atoms with E-state index in [1.807, 2.05) is 6.92 Å². The van der Waals surface area contributed by atoms with Crippen molar-refractivity contribution in [3.8, 4) is 0 Å². The van der Waals surface area contributed by atoms with Crippen LogP contribution < -0.4 is 0 Å². The Morgan fingerprint density at radius 1 is 0.854 bits per heavy atom. The standard InChI is InChI=1S/C32H39F2N3O4/c1-22-11-13-23(14-12-22)30(38)31(39)37-25(7-5-10-28(37)26-8-6-9-27(33)29(26)34)21-41-32(40)36-19-15-24(16-20-36)35-17-3-2-4-18-35/h6,8-9,11-14,24-25,28H,2-5,7,10,15-21H2,1H3/t25?,28-/m0/s1. The Kier molecular flexibility index (Phi) is 9.32. The highest BCUT2D eigenvalue weighted by molar-refractivity contribution is 6.42. The second-order valence-electron chi connectivity index (χ2n) is 11.5. The molecule has 3 saturated heterocycles. The molecule has 0 radical (unpaired) electrons. The minimum atomic E-state index is -1.03. The highest BCUT2D eigenvalue weighted by Crippen LogP contribution is 2.37. The first-order valence-corrected chi connectivity index (χ1v) is 14.9. The molecular formula is C32H39F2N3O4. The molecule has 5 rings (SSSR count). The zero-order chi connectivity index (χ0) is 28.9. The molecule has 41 heavy (non-hydrogen) atoms. The predicted molar refractivity (Wildman–Crippen MR) is 150 cm³/mol. The van der Waals surface area contributed by atoms with Crippen LogP contribution in [0.3, 0.4) is 0 Å². The number of rotatable bonds is 6. The number of benzene rings is 2. The van der Waals surface area contributed by atoms with Gasteiger partial charge in [0.15, 0.2) is 11.6 Å². The van der Waals surface area contributed by atoms with Crippen LogP contribution in [0.1, 0.15) is 78.9 Å². The van der Waals surface area contributed by atoms with E-state index in [9.17, 15) is 23.2 Å². The van der Waals surface area contributed by atoms with E-state index in [0.29, 0.717) is 38.4 Å². The average Bonchev–Trinajstić information content (AvgIpc) is 3.01. The zero-order valence-corrected chi connectivity index (χ0v) is 23.7. The predicted octanol–water partition coefficient (Wildman–Crippen LogP) is 5.67. The highest BCUT2D eigenvalue weighted by Gasteiger charge is 2.40. The van der Waals surface area contributed by atoms with Crippen LogP contribution in [0.5, 0.6) is 0 Å². The lowest BCUT2D eigenvalue weighted by Crippen LogP contribution is -2.52. The third-order valence-electron chi connectivity index (χ3n) is 8.86. The van der Waals surface area contributed by atoms with Gasteiger partial charge in [0.1, 0.15) is 6.61 Å². The maximum atomic E-state index is 14.9. The highest BCUT2D eigenvalue weighted by atomic mass is 19.2. The van der Waals surface area contributed by atoms with E-state index < -0.39 is 41.5 Å². The van der Waals surface area contributed by atoms with Crippen molar-refractivity contribution in [3.63, 3.8) is 0 Å². The smallest absolute Gasteiger partial charge is 0.409 e. The van der Waals surface area contributed by atoms with Crippen LogP contribution in [-0.2, 0) is 9.53 Å². The Bertz CT molecular complexity index is 1240. The number of aryl methyl sites for hydroxylation is 1. The number of amides is 2. The maximum absolute atomic E-state index is 14.9. The number of hydrogen-bond donors (Lipinski definition) is 0. The zero-order valence-electron chi connectivity index (χ0n) is 23.7. The maximum Gasteiger partial charge on any atom is 0.409 e. The van der Waals surface area contributed by atoms with Crippen LogP contribution in [0.4, 0.5) is 13.6 Å². The van der Waals surface area contributed by atoms with Gasteiger partial charge in [0, 0.05) is 30.3 Å². The van der Waals surface area contributed by atoms with Crippen molar-refractivity contribution in [2.45, 2.75) is 76.4 Å². The van der Waals surface area contributed by atoms with Gasteiger partial charge in [-0.1, -0.05) is 48.4 Å². The molecule has 220 valence electrons. The fourth-order valence-electron chi connectivity index (χ4n) is 6.54. The first-order chi connectivity index (χ1) is 19.8. The third kappa shape index (κ3) is 6.61. The second-order valence-corrected chi connectivity index (χ2v) is 11.5. The van der Waals surface area contributed by atoms with Crippen LogP contribution >= 0.6 is 0 Å². The van der Waals surface area contributed by atoms with Gasteiger partial charge in [0.25, 0.3) is 5.91 Å². The third-order valence-corrected chi connectivity index (χ3v) is 8.86. The van der Waals surface area contributed by atoms with E-state index in [4.69, 9.17) is 4.74 Å². The molecule has 1 unspecified atom stereocenters. The number of ketones is 1. The molecule has 2 amide bonds. The molecule has 9 heteroatoms. The summed E-state index contributed by atoms with van der Waals surface area (Å²) in [6, 6.07) is 9.51. The quantitative estimate of drug-likeness (QED) is 0.333. The lowest BCUT2D eigenvalue weighted by molar-refractivity contribution is -0.135. The lowest BCUT2D eigenvalue weighted by Gasteiger charge is -2.42. The minimum absolute atomic E-state index is 0.0193. The molecule has 3 aliphatic heterocycles. The molecule has 0 aliphatic carbocycles. The summed E-state index contributed by atoms with van der Waals surface area (Å²) in [6.07, 6.45) is 6.53. The van der Waals surface area contributed by atoms with Gasteiger partial charge in [-0.15, -0.1) is 0 Å². The first kappa shape index (κ1) is 29.2. The summed E-state index contributed by atoms with van der Waals surface area (Å²) in [5.74, 6) is -3.59. The van der Waals surface area contributed by atoms with Crippen LogP contribution in [-0.4, -0.2) is 77.4 Å². The topological polar surface area (TPSA) is 70.2 Å². The first-order valence-electron chi connectivity index (χ1n) is 14.9. The normalized spacial score (nSPS) is 22.4. The molecule has 2 aromatic carbocycles. The van der Waals surface area contributed by atoms with Crippen molar-refractivity contribution in [2.24, 2.45) is 0 Å². The van der Waals surface area contributed by atoms with E-state index in [0.717, 1.165) is 37.6 Å². The molecule has 0 spiro atoms. The SMILES string of the molecule is Cc1ccc(C(=O)C(=O)N2C(COC(=O)N3CCC(N4CCCCC4)CC3)CCC[C@H]2c2cccc(F)c2F)cc1. The summed E-state index contributed by atoms with van der Waals surface area (Å²) in [7, 11) is 0. The summed E-state index contributed by atoms with van der Waals surface area (Å²) >= 11 is 0. The van der Waals surface area contributed by atoms with E-state index in [-0.39, 0.29) is 17.7 Å². The largest absolute Gasteiger partial charge is 0.447 e. The van der Waals surface area contributed by atoms with Gasteiger partial charge in [0.05, 0.1) is 12.1 Å². The Morgan fingerprint density at radius 2 is 1.56 bits per heavy atom. The summed E-state index contributed by atoms with van der Waals surface area (Å²) in [5, 5.41) is 0. The van der Waals surface area contributed by atoms with Crippen molar-refractivity contribution >= 4 is 17.8 Å². The number of Topliss-reactive ketones (excluding diaryl/α,β-unsaturated/α-hetero) is 1. The van der Waals surface area contributed by atoms with Gasteiger partial charge >= 0.3 is 6.09 Å². The Labute approximate surface area is 240 Å². The van der Waals surface area contributed by atoms with Gasteiger partial charge in [0.2, 0.25) is 5.78 Å². The van der Waals surface area contributed by atoms with Gasteiger partial charge < -0.3 is 19.4 Å². The molecule has 3 fully saturated rings. The van der Waals surface area contributed by atoms with E-state index in [1.165, 1.54) is 36.3 Å². The van der Waals surface area contributed by atoms with Gasteiger partial charge in [-0.3, -0.25) is 9.59 Å². The van der Waals surface area contributed by atoms with E-state index >= 15 is 0 Å². The van der Waals surface area contributed by atoms with Crippen molar-refractivity contribution in [1.82, 2.24) is 14.7 Å². The van der Waals surface area contributed by atoms with Crippen LogP contribution in [0.25, 0.3) is 0 Å². The average molecular weight is 568 g/mol. The van der Waals surface area contributed by atoms with E-state index in [1.54, 1.807) is 29.2 Å². The number of ether oxygens (including phenoxy) is 1. The molecule has 0 aromatic heterocycles. The van der Waals surface area contributed by atoms with Gasteiger partial charge in [-0.05, 0) is 71.0 Å². The number of hydrogen-bond acceptors (Lipinski definition) is 5. The summed E-state index contributed by atoms with van der Waals surface area (Å²) in [5.41, 5.74) is 1.18. The number of nitrogens with zero attached hydrogens (tertiary/aromatic N) is 3. The number of likely N-dealkylation sites (tertiary alicyclic amines) is 3. The van der Waals surface area contributed by atoms with Crippen LogP contribution in [0.2, 0.25) is 0 Å². The molecule has 2 atom stereocenters. The second kappa shape index (κ2) is 13.1. The lowest BCUT2D eigenvalue weighted by atomic mass is 9.89. The molecule has 3 heterocycles. The minimum Gasteiger partial charge on any atom is -0.447 e. The number of carbonyl (C=O) groups is 3. The fourth-order valence-corrected chi connectivity index (χ4v) is 6.54. The van der Waals surface area contributed by atoms with Crippen LogP contribution in [0, 0.1) is 18.6 Å². The molecule has 0 saturated carbocycles. The Hall–Kier alpha value is -3.33. The molecule has 7 nitrogen and oxygen atoms in total. The number of piperidine rings is 3. The molecule has 0 N–H and O–H groups in total. The fraction of sp³-hybridized carbons (Fsp3) is 0.531. The summed E-state index contributed by atoms with van der Waals surface area (Å²) in [4.78, 5) is 45.6. The van der Waals surface area contributed by atoms with Crippen molar-refractivity contribution in [3.05, 3.63) is 70.8 Å². The molecular weight excluding hydrogens is 528 g/mol. The summed E-state index contributed by atoms with van der Waals surface area (Å²) in [6.45, 7) is 5.21. The van der Waals surface area contributed by atoms with Crippen LogP contribution in [0.15, 0.2) is 42.5 Å². The monoisotopic (exact) mass is 567 g/mol. The van der Waals surface area contributed by atoms with Gasteiger partial charge in [-0.25, -0.2) is 13.6 Å².